The summed E-state index contributed by atoms with van der Waals surface area (Å²) < 4.78 is 0. The van der Waals surface area contributed by atoms with Gasteiger partial charge in [-0.15, -0.1) is 0 Å². The van der Waals surface area contributed by atoms with Crippen LogP contribution in [0.2, 0.25) is 5.02 Å². The zero-order chi connectivity index (χ0) is 15.4. The maximum absolute atomic E-state index is 12.7. The third kappa shape index (κ3) is 3.91. The van der Waals surface area contributed by atoms with Crippen molar-refractivity contribution in [3.05, 3.63) is 28.8 Å². The molecule has 1 aliphatic rings. The van der Waals surface area contributed by atoms with Crippen molar-refractivity contribution in [2.24, 2.45) is 0 Å². The van der Waals surface area contributed by atoms with Crippen LogP contribution in [0.4, 0.5) is 0 Å². The van der Waals surface area contributed by atoms with E-state index in [-0.39, 0.29) is 17.7 Å². The first-order chi connectivity index (χ1) is 10.0. The summed E-state index contributed by atoms with van der Waals surface area (Å²) in [6.45, 7) is 4.25. The molecule has 0 aromatic heterocycles. The van der Waals surface area contributed by atoms with Crippen LogP contribution in [0, 0.1) is 0 Å². The molecule has 1 aromatic carbocycles. The number of phenolic OH excluding ortho intramolecular Hbond substituents is 1. The van der Waals surface area contributed by atoms with E-state index in [1.165, 1.54) is 12.8 Å². The summed E-state index contributed by atoms with van der Waals surface area (Å²) >= 11 is 5.92. The molecule has 0 heterocycles. The summed E-state index contributed by atoms with van der Waals surface area (Å²) in [6.07, 6.45) is 5.99. The largest absolute Gasteiger partial charge is 0.506 e. The minimum atomic E-state index is 0.0578. The Morgan fingerprint density at radius 3 is 2.67 bits per heavy atom. The lowest BCUT2D eigenvalue weighted by atomic mass is 10.1. The van der Waals surface area contributed by atoms with Gasteiger partial charge in [0.15, 0.2) is 0 Å². The first-order valence-electron chi connectivity index (χ1n) is 7.81. The average molecular weight is 310 g/mol. The van der Waals surface area contributed by atoms with Crippen LogP contribution in [0.3, 0.4) is 0 Å². The van der Waals surface area contributed by atoms with Gasteiger partial charge in [-0.1, -0.05) is 37.4 Å². The molecule has 1 aliphatic carbocycles. The molecule has 1 N–H and O–H groups in total. The predicted molar refractivity (Wildman–Crippen MR) is 85.7 cm³/mol. The topological polar surface area (TPSA) is 40.5 Å². The van der Waals surface area contributed by atoms with E-state index in [4.69, 9.17) is 11.6 Å². The maximum atomic E-state index is 12.7. The zero-order valence-corrected chi connectivity index (χ0v) is 13.6. The molecule has 0 spiro atoms. The highest BCUT2D eigenvalue weighted by Gasteiger charge is 2.29. The van der Waals surface area contributed by atoms with Gasteiger partial charge in [0.05, 0.1) is 11.4 Å². The van der Waals surface area contributed by atoms with Crippen LogP contribution in [0.5, 0.6) is 5.75 Å². The molecule has 1 fully saturated rings. The van der Waals surface area contributed by atoms with E-state index in [9.17, 15) is 9.90 Å². The molecular weight excluding hydrogens is 286 g/mol. The van der Waals surface area contributed by atoms with Crippen molar-refractivity contribution in [2.45, 2.75) is 64.5 Å². The average Bonchev–Trinajstić information content (AvgIpc) is 2.96. The van der Waals surface area contributed by atoms with Crippen LogP contribution in [-0.4, -0.2) is 28.0 Å². The van der Waals surface area contributed by atoms with E-state index in [0.717, 1.165) is 24.8 Å². The molecule has 21 heavy (non-hydrogen) atoms. The summed E-state index contributed by atoms with van der Waals surface area (Å²) in [5, 5.41) is 9.76. The Morgan fingerprint density at radius 1 is 1.43 bits per heavy atom. The molecule has 3 nitrogen and oxygen atoms in total. The highest BCUT2D eigenvalue weighted by atomic mass is 35.5. The lowest BCUT2D eigenvalue weighted by Crippen LogP contribution is -2.45. The first-order valence-corrected chi connectivity index (χ1v) is 8.19. The van der Waals surface area contributed by atoms with E-state index in [1.807, 2.05) is 0 Å². The molecule has 1 amide bonds. The molecule has 0 radical (unpaired) electrons. The van der Waals surface area contributed by atoms with Gasteiger partial charge < -0.3 is 10.0 Å². The highest BCUT2D eigenvalue weighted by molar-refractivity contribution is 6.32. The van der Waals surface area contributed by atoms with Gasteiger partial charge in [-0.05, 0) is 43.9 Å². The minimum Gasteiger partial charge on any atom is -0.506 e. The van der Waals surface area contributed by atoms with Crippen LogP contribution >= 0.6 is 11.6 Å². The van der Waals surface area contributed by atoms with Gasteiger partial charge in [-0.3, -0.25) is 4.79 Å². The Kier molecular flexibility index (Phi) is 5.51. The zero-order valence-electron chi connectivity index (χ0n) is 12.8. The summed E-state index contributed by atoms with van der Waals surface area (Å²) in [5.74, 6) is 0.223. The molecule has 1 saturated carbocycles. The molecule has 1 atom stereocenters. The van der Waals surface area contributed by atoms with Crippen molar-refractivity contribution in [1.29, 1.82) is 0 Å². The fourth-order valence-electron chi connectivity index (χ4n) is 3.11. The standard InChI is InChI=1S/C17H24ClNO2/c1-3-12(2)19(14-6-4-5-7-14)17(21)11-13-8-9-16(20)15(18)10-13/h8-10,12,14,20H,3-7,11H2,1-2H3/t12-/m1/s1. The predicted octanol–water partition coefficient (Wildman–Crippen LogP) is 4.16. The third-order valence-corrected chi connectivity index (χ3v) is 4.74. The molecule has 116 valence electrons. The summed E-state index contributed by atoms with van der Waals surface area (Å²) in [5.41, 5.74) is 0.856. The van der Waals surface area contributed by atoms with Crippen LogP contribution in [-0.2, 0) is 11.2 Å². The molecule has 0 unspecified atom stereocenters. The van der Waals surface area contributed by atoms with E-state index in [2.05, 4.69) is 18.7 Å². The van der Waals surface area contributed by atoms with Gasteiger partial charge in [-0.2, -0.15) is 0 Å². The number of nitrogens with zero attached hydrogens (tertiary/aromatic N) is 1. The van der Waals surface area contributed by atoms with Crippen LogP contribution in [0.1, 0.15) is 51.5 Å². The Hall–Kier alpha value is -1.22. The van der Waals surface area contributed by atoms with Gasteiger partial charge in [0.2, 0.25) is 5.91 Å². The molecular formula is C17H24ClNO2. The van der Waals surface area contributed by atoms with E-state index in [0.29, 0.717) is 17.5 Å². The van der Waals surface area contributed by atoms with Crippen LogP contribution < -0.4 is 0 Å². The Morgan fingerprint density at radius 2 is 2.10 bits per heavy atom. The molecule has 4 heteroatoms. The van der Waals surface area contributed by atoms with Crippen molar-refractivity contribution in [2.75, 3.05) is 0 Å². The van der Waals surface area contributed by atoms with E-state index in [1.54, 1.807) is 18.2 Å². The minimum absolute atomic E-state index is 0.0578. The van der Waals surface area contributed by atoms with Gasteiger partial charge in [0.25, 0.3) is 0 Å². The Labute approximate surface area is 131 Å². The number of amides is 1. The smallest absolute Gasteiger partial charge is 0.227 e. The van der Waals surface area contributed by atoms with Gasteiger partial charge >= 0.3 is 0 Å². The molecule has 0 bridgehead atoms. The summed E-state index contributed by atoms with van der Waals surface area (Å²) in [6, 6.07) is 5.66. The second-order valence-corrected chi connectivity index (χ2v) is 6.37. The van der Waals surface area contributed by atoms with Crippen molar-refractivity contribution in [1.82, 2.24) is 4.90 Å². The molecule has 2 rings (SSSR count). The fraction of sp³-hybridized carbons (Fsp3) is 0.588. The van der Waals surface area contributed by atoms with E-state index < -0.39 is 0 Å². The number of aromatic hydroxyl groups is 1. The number of hydrogen-bond donors (Lipinski definition) is 1. The van der Waals surface area contributed by atoms with Crippen LogP contribution in [0.25, 0.3) is 0 Å². The number of halogens is 1. The Bertz CT molecular complexity index is 498. The molecule has 1 aromatic rings. The monoisotopic (exact) mass is 309 g/mol. The number of carbonyl (C=O) groups is 1. The molecule has 0 saturated heterocycles. The van der Waals surface area contributed by atoms with Gasteiger partial charge in [-0.25, -0.2) is 0 Å². The highest BCUT2D eigenvalue weighted by Crippen LogP contribution is 2.28. The second-order valence-electron chi connectivity index (χ2n) is 5.96. The normalized spacial score (nSPS) is 16.9. The number of hydrogen-bond acceptors (Lipinski definition) is 2. The lowest BCUT2D eigenvalue weighted by molar-refractivity contribution is -0.135. The molecule has 0 aliphatic heterocycles. The van der Waals surface area contributed by atoms with Gasteiger partial charge in [0.1, 0.15) is 5.75 Å². The number of rotatable bonds is 5. The number of benzene rings is 1. The van der Waals surface area contributed by atoms with E-state index >= 15 is 0 Å². The van der Waals surface area contributed by atoms with Crippen molar-refractivity contribution in [3.8, 4) is 5.75 Å². The van der Waals surface area contributed by atoms with Gasteiger partial charge in [0, 0.05) is 12.1 Å². The summed E-state index contributed by atoms with van der Waals surface area (Å²) in [4.78, 5) is 14.8. The maximum Gasteiger partial charge on any atom is 0.227 e. The van der Waals surface area contributed by atoms with Crippen molar-refractivity contribution < 1.29 is 9.90 Å². The Balaban J connectivity index is 2.11. The quantitative estimate of drug-likeness (QED) is 0.887. The fourth-order valence-corrected chi connectivity index (χ4v) is 3.32. The second kappa shape index (κ2) is 7.17. The first kappa shape index (κ1) is 16.2. The van der Waals surface area contributed by atoms with Crippen molar-refractivity contribution >= 4 is 17.5 Å². The third-order valence-electron chi connectivity index (χ3n) is 4.44. The summed E-state index contributed by atoms with van der Waals surface area (Å²) in [7, 11) is 0. The number of phenols is 1. The number of carbonyl (C=O) groups excluding carboxylic acids is 1. The SMILES string of the molecule is CC[C@@H](C)N(C(=O)Cc1ccc(O)c(Cl)c1)C1CCCC1. The van der Waals surface area contributed by atoms with Crippen LogP contribution in [0.15, 0.2) is 18.2 Å². The lowest BCUT2D eigenvalue weighted by Gasteiger charge is -2.34. The van der Waals surface area contributed by atoms with Crippen molar-refractivity contribution in [3.63, 3.8) is 0 Å².